The molecule has 0 unspecified atom stereocenters. The molecule has 3 heteroatoms. The van der Waals surface area contributed by atoms with Crippen LogP contribution in [0.2, 0.25) is 0 Å². The zero-order valence-corrected chi connectivity index (χ0v) is 9.65. The number of aromatic nitrogens is 1. The number of nitrogens with zero attached hydrogens (tertiary/aromatic N) is 1. The Morgan fingerprint density at radius 1 is 1.27 bits per heavy atom. The van der Waals surface area contributed by atoms with E-state index in [1.165, 1.54) is 48.1 Å². The second-order valence-corrected chi connectivity index (χ2v) is 5.23. The van der Waals surface area contributed by atoms with Crippen molar-refractivity contribution in [3.8, 4) is 0 Å². The molecule has 80 valence electrons. The molecule has 1 N–H and O–H groups in total. The van der Waals surface area contributed by atoms with Crippen molar-refractivity contribution in [3.05, 3.63) is 23.2 Å². The van der Waals surface area contributed by atoms with Crippen LogP contribution in [0.25, 0.3) is 10.2 Å². The van der Waals surface area contributed by atoms with Crippen molar-refractivity contribution in [2.45, 2.75) is 25.8 Å². The van der Waals surface area contributed by atoms with Gasteiger partial charge >= 0.3 is 0 Å². The number of hydrogen-bond donors (Lipinski definition) is 1. The molecule has 1 saturated heterocycles. The van der Waals surface area contributed by atoms with E-state index >= 15 is 0 Å². The van der Waals surface area contributed by atoms with Crippen LogP contribution in [0.5, 0.6) is 0 Å². The van der Waals surface area contributed by atoms with Gasteiger partial charge in [-0.25, -0.2) is 0 Å². The minimum atomic E-state index is 1.13. The number of piperidine rings is 1. The molecule has 0 radical (unpaired) electrons. The fourth-order valence-corrected chi connectivity index (χ4v) is 3.25. The Labute approximate surface area is 93.9 Å². The van der Waals surface area contributed by atoms with Crippen molar-refractivity contribution in [2.75, 3.05) is 13.1 Å². The van der Waals surface area contributed by atoms with E-state index in [-0.39, 0.29) is 0 Å². The minimum absolute atomic E-state index is 1.13. The van der Waals surface area contributed by atoms with Gasteiger partial charge in [0.2, 0.25) is 0 Å². The average molecular weight is 220 g/mol. The molecule has 1 aliphatic heterocycles. The fraction of sp³-hybridized carbons (Fsp3) is 0.500. The van der Waals surface area contributed by atoms with Crippen LogP contribution in [0.4, 0.5) is 0 Å². The predicted molar refractivity (Wildman–Crippen MR) is 65.3 cm³/mol. The van der Waals surface area contributed by atoms with Crippen LogP contribution in [-0.4, -0.2) is 23.0 Å². The average Bonchev–Trinajstić information content (AvgIpc) is 2.85. The molecule has 2 aromatic heterocycles. The highest BCUT2D eigenvalue weighted by atomic mass is 32.1. The van der Waals surface area contributed by atoms with Crippen LogP contribution in [0.1, 0.15) is 24.8 Å². The zero-order chi connectivity index (χ0) is 10.1. The summed E-state index contributed by atoms with van der Waals surface area (Å²) in [5, 5.41) is 2.17. The molecule has 1 fully saturated rings. The second kappa shape index (κ2) is 3.99. The van der Waals surface area contributed by atoms with E-state index in [0.717, 1.165) is 6.54 Å². The van der Waals surface area contributed by atoms with Crippen LogP contribution in [0.3, 0.4) is 0 Å². The molecule has 0 bridgehead atoms. The summed E-state index contributed by atoms with van der Waals surface area (Å²) < 4.78 is 1.44. The van der Waals surface area contributed by atoms with Gasteiger partial charge in [0.25, 0.3) is 0 Å². The quantitative estimate of drug-likeness (QED) is 0.823. The van der Waals surface area contributed by atoms with Gasteiger partial charge in [-0.3, -0.25) is 4.90 Å². The lowest BCUT2D eigenvalue weighted by molar-refractivity contribution is 0.221. The molecule has 0 amide bonds. The summed E-state index contributed by atoms with van der Waals surface area (Å²) in [5.74, 6) is 0. The van der Waals surface area contributed by atoms with Gasteiger partial charge in [-0.15, -0.1) is 11.3 Å². The summed E-state index contributed by atoms with van der Waals surface area (Å²) in [5.41, 5.74) is 2.77. The Hall–Kier alpha value is -0.800. The van der Waals surface area contributed by atoms with Gasteiger partial charge in [-0.05, 0) is 37.4 Å². The predicted octanol–water partition coefficient (Wildman–Crippen LogP) is 3.22. The van der Waals surface area contributed by atoms with E-state index in [1.54, 1.807) is 0 Å². The van der Waals surface area contributed by atoms with Crippen LogP contribution in [0.15, 0.2) is 17.6 Å². The first kappa shape index (κ1) is 9.43. The molecule has 0 spiro atoms. The standard InChI is InChI=1S/C12H16N2S/c1-2-5-14(6-3-1)9-10-8-13-11-4-7-15-12(10)11/h4,7-8,13H,1-3,5-6,9H2. The molecule has 2 aromatic rings. The first-order valence-corrected chi connectivity index (χ1v) is 6.57. The summed E-state index contributed by atoms with van der Waals surface area (Å²) in [6.45, 7) is 3.68. The smallest absolute Gasteiger partial charge is 0.0566 e. The molecular weight excluding hydrogens is 204 g/mol. The lowest BCUT2D eigenvalue weighted by Gasteiger charge is -2.25. The fourth-order valence-electron chi connectivity index (χ4n) is 2.38. The first-order valence-electron chi connectivity index (χ1n) is 5.69. The molecular formula is C12H16N2S. The van der Waals surface area contributed by atoms with Gasteiger partial charge in [0.1, 0.15) is 0 Å². The molecule has 3 rings (SSSR count). The summed E-state index contributed by atoms with van der Waals surface area (Å²) in [6, 6.07) is 2.17. The number of hydrogen-bond acceptors (Lipinski definition) is 2. The molecule has 15 heavy (non-hydrogen) atoms. The van der Waals surface area contributed by atoms with Crippen molar-refractivity contribution in [1.82, 2.24) is 9.88 Å². The summed E-state index contributed by atoms with van der Waals surface area (Å²) >= 11 is 1.85. The maximum atomic E-state index is 3.34. The molecule has 0 saturated carbocycles. The number of fused-ring (bicyclic) bond motifs is 1. The van der Waals surface area contributed by atoms with E-state index < -0.39 is 0 Å². The Morgan fingerprint density at radius 3 is 3.00 bits per heavy atom. The van der Waals surface area contributed by atoms with Crippen molar-refractivity contribution >= 4 is 21.6 Å². The van der Waals surface area contributed by atoms with Gasteiger partial charge < -0.3 is 4.98 Å². The van der Waals surface area contributed by atoms with E-state index in [9.17, 15) is 0 Å². The molecule has 0 atom stereocenters. The van der Waals surface area contributed by atoms with E-state index in [4.69, 9.17) is 0 Å². The van der Waals surface area contributed by atoms with Crippen LogP contribution in [-0.2, 0) is 6.54 Å². The molecule has 2 nitrogen and oxygen atoms in total. The van der Waals surface area contributed by atoms with Gasteiger partial charge in [-0.2, -0.15) is 0 Å². The number of nitrogens with one attached hydrogen (secondary N) is 1. The topological polar surface area (TPSA) is 19.0 Å². The highest BCUT2D eigenvalue weighted by Gasteiger charge is 2.13. The highest BCUT2D eigenvalue weighted by Crippen LogP contribution is 2.25. The normalized spacial score (nSPS) is 18.7. The summed E-state index contributed by atoms with van der Waals surface area (Å²) in [7, 11) is 0. The van der Waals surface area contributed by atoms with Gasteiger partial charge in [0, 0.05) is 18.3 Å². The van der Waals surface area contributed by atoms with Crippen molar-refractivity contribution < 1.29 is 0 Å². The van der Waals surface area contributed by atoms with Crippen LogP contribution >= 0.6 is 11.3 Å². The molecule has 1 aliphatic rings. The highest BCUT2D eigenvalue weighted by molar-refractivity contribution is 7.17. The summed E-state index contributed by atoms with van der Waals surface area (Å²) in [4.78, 5) is 5.92. The van der Waals surface area contributed by atoms with Gasteiger partial charge in [0.05, 0.1) is 10.2 Å². The maximum absolute atomic E-state index is 3.34. The van der Waals surface area contributed by atoms with Crippen molar-refractivity contribution in [1.29, 1.82) is 0 Å². The van der Waals surface area contributed by atoms with E-state index in [1.807, 2.05) is 11.3 Å². The lowest BCUT2D eigenvalue weighted by Crippen LogP contribution is -2.28. The third-order valence-corrected chi connectivity index (χ3v) is 4.19. The largest absolute Gasteiger partial charge is 0.360 e. The van der Waals surface area contributed by atoms with Gasteiger partial charge in [0.15, 0.2) is 0 Å². The van der Waals surface area contributed by atoms with Crippen molar-refractivity contribution in [3.63, 3.8) is 0 Å². The number of likely N-dealkylation sites (tertiary alicyclic amines) is 1. The lowest BCUT2D eigenvalue weighted by atomic mass is 10.1. The number of aromatic amines is 1. The molecule has 0 aromatic carbocycles. The zero-order valence-electron chi connectivity index (χ0n) is 8.83. The minimum Gasteiger partial charge on any atom is -0.360 e. The third kappa shape index (κ3) is 1.82. The van der Waals surface area contributed by atoms with Crippen LogP contribution < -0.4 is 0 Å². The summed E-state index contributed by atoms with van der Waals surface area (Å²) in [6.07, 6.45) is 6.34. The van der Waals surface area contributed by atoms with E-state index in [0.29, 0.717) is 0 Å². The monoisotopic (exact) mass is 220 g/mol. The van der Waals surface area contributed by atoms with Crippen molar-refractivity contribution in [2.24, 2.45) is 0 Å². The maximum Gasteiger partial charge on any atom is 0.0566 e. The van der Waals surface area contributed by atoms with Crippen LogP contribution in [0, 0.1) is 0 Å². The number of H-pyrrole nitrogens is 1. The Kier molecular flexibility index (Phi) is 2.51. The Morgan fingerprint density at radius 2 is 2.13 bits per heavy atom. The SMILES string of the molecule is c1cc2[nH]cc(CN3CCCCC3)c2s1. The number of rotatable bonds is 2. The third-order valence-electron chi connectivity index (χ3n) is 3.20. The molecule has 0 aliphatic carbocycles. The Bertz CT molecular complexity index is 437. The molecule has 3 heterocycles. The first-order chi connectivity index (χ1) is 7.43. The Balaban J connectivity index is 1.79. The number of thiophene rings is 1. The van der Waals surface area contributed by atoms with Gasteiger partial charge in [-0.1, -0.05) is 6.42 Å². The van der Waals surface area contributed by atoms with E-state index in [2.05, 4.69) is 27.5 Å². The second-order valence-electron chi connectivity index (χ2n) is 4.31.